The Hall–Kier alpha value is -0.980. The van der Waals surface area contributed by atoms with Gasteiger partial charge in [0.2, 0.25) is 0 Å². The molecule has 0 radical (unpaired) electrons. The SMILES string of the molecule is CC1=C2c3c(ccc(C(C)C)c3C(C)C)[CH]1[Zr]([CH3])([CH3])[CH]1C(C)=C(c3c1ccc(C(C)C)c3C(C)C)[Si]2(C)C. The monoisotopic (exact) mass is 602 g/mol. The zero-order valence-electron chi connectivity index (χ0n) is 26.8. The third-order valence-corrected chi connectivity index (χ3v) is 25.3. The van der Waals surface area contributed by atoms with Crippen LogP contribution in [0.4, 0.5) is 0 Å². The summed E-state index contributed by atoms with van der Waals surface area (Å²) in [6, 6.07) is 10.3. The molecule has 0 spiro atoms. The fraction of sp³-hybridized carbons (Fsp3) is 0.556. The molecule has 0 saturated carbocycles. The zero-order valence-corrected chi connectivity index (χ0v) is 30.2. The second-order valence-corrected chi connectivity index (χ2v) is 31.2. The quantitative estimate of drug-likeness (QED) is 0.305. The van der Waals surface area contributed by atoms with Crippen molar-refractivity contribution < 1.29 is 20.3 Å². The van der Waals surface area contributed by atoms with Gasteiger partial charge in [0.1, 0.15) is 0 Å². The van der Waals surface area contributed by atoms with Crippen molar-refractivity contribution in [3.05, 3.63) is 79.9 Å². The molecule has 0 aromatic heterocycles. The van der Waals surface area contributed by atoms with Crippen molar-refractivity contribution >= 4 is 18.5 Å². The standard InChI is InChI=1S/C34H46Si.2CH3.Zr/c1-19(2)27-15-13-25-17-23(9)33(31(25)29(27)21(5)6)35(11,12)34-24(10)18-26-14-16-28(20(3)4)30(22(7)8)32(26)34;;;/h13-22H,1-12H3;2*1H3;. The third kappa shape index (κ3) is 3.67. The molecular formula is C36H52SiZr. The van der Waals surface area contributed by atoms with Gasteiger partial charge < -0.3 is 0 Å². The average molecular weight is 604 g/mol. The van der Waals surface area contributed by atoms with Crippen molar-refractivity contribution in [1.29, 1.82) is 0 Å². The number of hydrogen-bond acceptors (Lipinski definition) is 0. The van der Waals surface area contributed by atoms with Crippen molar-refractivity contribution in [1.82, 2.24) is 0 Å². The number of fused-ring (bicyclic) bond motifs is 8. The van der Waals surface area contributed by atoms with Crippen LogP contribution < -0.4 is 0 Å². The zero-order chi connectivity index (χ0) is 28.2. The van der Waals surface area contributed by atoms with Gasteiger partial charge in [-0.15, -0.1) is 0 Å². The molecule has 2 heteroatoms. The first-order valence-electron chi connectivity index (χ1n) is 15.3. The Balaban J connectivity index is 1.94. The molecule has 2 aromatic carbocycles. The maximum atomic E-state index is 2.80. The van der Waals surface area contributed by atoms with Crippen LogP contribution >= 0.6 is 0 Å². The summed E-state index contributed by atoms with van der Waals surface area (Å²) in [4.78, 5) is 0. The Bertz CT molecular complexity index is 1290. The van der Waals surface area contributed by atoms with Crippen LogP contribution in [0.15, 0.2) is 35.4 Å². The van der Waals surface area contributed by atoms with Gasteiger partial charge >= 0.3 is 241 Å². The molecule has 204 valence electrons. The van der Waals surface area contributed by atoms with E-state index in [1.54, 1.807) is 55.7 Å². The summed E-state index contributed by atoms with van der Waals surface area (Å²) < 4.78 is 6.96. The summed E-state index contributed by atoms with van der Waals surface area (Å²) in [5.41, 5.74) is 16.9. The van der Waals surface area contributed by atoms with Crippen molar-refractivity contribution in [2.75, 3.05) is 0 Å². The van der Waals surface area contributed by atoms with E-state index in [2.05, 4.69) is 116 Å². The van der Waals surface area contributed by atoms with Crippen LogP contribution in [-0.4, -0.2) is 8.07 Å². The molecule has 3 aliphatic rings. The van der Waals surface area contributed by atoms with Gasteiger partial charge in [-0.05, 0) is 0 Å². The van der Waals surface area contributed by atoms with E-state index in [-0.39, 0.29) is 0 Å². The summed E-state index contributed by atoms with van der Waals surface area (Å²) in [6.45, 7) is 29.9. The Labute approximate surface area is 239 Å². The van der Waals surface area contributed by atoms with Crippen LogP contribution in [0.2, 0.25) is 22.4 Å². The van der Waals surface area contributed by atoms with Gasteiger partial charge in [-0.25, -0.2) is 0 Å². The Morgan fingerprint density at radius 1 is 0.579 bits per heavy atom. The summed E-state index contributed by atoms with van der Waals surface area (Å²) in [7, 11) is -2.02. The van der Waals surface area contributed by atoms with Gasteiger partial charge in [-0.3, -0.25) is 0 Å². The first kappa shape index (κ1) is 28.5. The van der Waals surface area contributed by atoms with E-state index in [9.17, 15) is 0 Å². The summed E-state index contributed by atoms with van der Waals surface area (Å²) in [6.07, 6.45) is 0. The van der Waals surface area contributed by atoms with E-state index in [4.69, 9.17) is 0 Å². The normalized spacial score (nSPS) is 23.1. The van der Waals surface area contributed by atoms with E-state index in [1.165, 1.54) is 0 Å². The fourth-order valence-electron chi connectivity index (χ4n) is 9.56. The van der Waals surface area contributed by atoms with Crippen LogP contribution in [-0.2, 0) is 20.3 Å². The minimum absolute atomic E-state index is 0.547. The van der Waals surface area contributed by atoms with Crippen LogP contribution in [0, 0.1) is 0 Å². The molecule has 0 saturated heterocycles. The van der Waals surface area contributed by atoms with Crippen molar-refractivity contribution in [2.45, 2.75) is 123 Å². The summed E-state index contributed by atoms with van der Waals surface area (Å²) in [5.74, 6) is 2.21. The molecule has 1 heterocycles. The van der Waals surface area contributed by atoms with Gasteiger partial charge in [0, 0.05) is 0 Å². The molecule has 38 heavy (non-hydrogen) atoms. The van der Waals surface area contributed by atoms with Crippen LogP contribution in [0.3, 0.4) is 0 Å². The van der Waals surface area contributed by atoms with E-state index in [0.29, 0.717) is 30.9 Å². The molecule has 5 rings (SSSR count). The van der Waals surface area contributed by atoms with Gasteiger partial charge in [0.05, 0.1) is 0 Å². The van der Waals surface area contributed by atoms with Gasteiger partial charge in [0.15, 0.2) is 0 Å². The summed E-state index contributed by atoms with van der Waals surface area (Å²) in [5, 5.41) is 3.64. The van der Waals surface area contributed by atoms with E-state index in [1.807, 2.05) is 10.4 Å². The first-order valence-corrected chi connectivity index (χ1v) is 26.1. The molecule has 0 fully saturated rings. The van der Waals surface area contributed by atoms with E-state index in [0.717, 1.165) is 0 Å². The van der Waals surface area contributed by atoms with Crippen LogP contribution in [0.25, 0.3) is 10.4 Å². The molecule has 0 nitrogen and oxygen atoms in total. The second kappa shape index (κ2) is 9.27. The molecule has 2 aromatic rings. The third-order valence-electron chi connectivity index (χ3n) is 10.5. The maximum absolute atomic E-state index is 2.83. The Kier molecular flexibility index (Phi) is 6.97. The molecule has 2 atom stereocenters. The Morgan fingerprint density at radius 2 is 0.921 bits per heavy atom. The molecular weight excluding hydrogens is 552 g/mol. The molecule has 2 unspecified atom stereocenters. The molecule has 4 bridgehead atoms. The number of hydrogen-bond donors (Lipinski definition) is 0. The molecule has 0 N–H and O–H groups in total. The van der Waals surface area contributed by atoms with E-state index >= 15 is 0 Å². The molecule has 2 aliphatic carbocycles. The van der Waals surface area contributed by atoms with Gasteiger partial charge in [0.25, 0.3) is 0 Å². The van der Waals surface area contributed by atoms with Gasteiger partial charge in [-0.1, -0.05) is 0 Å². The minimum atomic E-state index is -2.83. The number of allylic oxidation sites excluding steroid dienone is 2. The number of rotatable bonds is 4. The Morgan fingerprint density at radius 3 is 1.21 bits per heavy atom. The predicted octanol–water partition coefficient (Wildman–Crippen LogP) is 11.6. The summed E-state index contributed by atoms with van der Waals surface area (Å²) >= 11 is -2.83. The average Bonchev–Trinajstić information content (AvgIpc) is 3.28. The molecule has 1 aliphatic heterocycles. The fourth-order valence-corrected chi connectivity index (χ4v) is 26.7. The topological polar surface area (TPSA) is 0 Å². The van der Waals surface area contributed by atoms with Crippen molar-refractivity contribution in [2.24, 2.45) is 0 Å². The van der Waals surface area contributed by atoms with Crippen molar-refractivity contribution in [3.63, 3.8) is 0 Å². The van der Waals surface area contributed by atoms with Crippen LogP contribution in [0.1, 0.15) is 145 Å². The van der Waals surface area contributed by atoms with Crippen molar-refractivity contribution in [3.8, 4) is 0 Å². The van der Waals surface area contributed by atoms with E-state index < -0.39 is 28.3 Å². The van der Waals surface area contributed by atoms with Crippen LogP contribution in [0.5, 0.6) is 0 Å². The second-order valence-electron chi connectivity index (χ2n) is 15.1. The van der Waals surface area contributed by atoms with Gasteiger partial charge in [-0.2, -0.15) is 0 Å². The predicted molar refractivity (Wildman–Crippen MR) is 169 cm³/mol. The number of benzene rings is 2. The molecule has 0 amide bonds. The first-order chi connectivity index (χ1) is 17.6.